The average molecular weight is 278 g/mol. The van der Waals surface area contributed by atoms with Gasteiger partial charge in [-0.05, 0) is 25.6 Å². The molecule has 108 valence electrons. The second-order valence-electron chi connectivity index (χ2n) is 5.13. The van der Waals surface area contributed by atoms with Crippen LogP contribution in [0.4, 0.5) is 12.9 Å². The van der Waals surface area contributed by atoms with Crippen molar-refractivity contribution in [1.29, 1.82) is 0 Å². The van der Waals surface area contributed by atoms with Gasteiger partial charge in [0, 0.05) is 13.1 Å². The lowest BCUT2D eigenvalue weighted by atomic mass is 9.77. The molecule has 2 rings (SSSR count). The van der Waals surface area contributed by atoms with Gasteiger partial charge in [-0.2, -0.15) is 0 Å². The second kappa shape index (κ2) is 4.72. The third-order valence-corrected chi connectivity index (χ3v) is 3.89. The summed E-state index contributed by atoms with van der Waals surface area (Å²) in [6, 6.07) is 0. The number of esters is 1. The SMILES string of the molecule is CCOC(=O)[C@]1(C(=O)N2CCCC2)C[C@@H]1[B-](F)(F)F. The van der Waals surface area contributed by atoms with E-state index in [1.165, 1.54) is 11.8 Å². The summed E-state index contributed by atoms with van der Waals surface area (Å²) in [5.74, 6) is -3.55. The van der Waals surface area contributed by atoms with Crippen LogP contribution in [0.2, 0.25) is 5.82 Å². The lowest BCUT2D eigenvalue weighted by Crippen LogP contribution is -2.42. The zero-order valence-electron chi connectivity index (χ0n) is 10.7. The van der Waals surface area contributed by atoms with E-state index in [1.54, 1.807) is 0 Å². The van der Waals surface area contributed by atoms with E-state index >= 15 is 0 Å². The Labute approximate surface area is 109 Å². The van der Waals surface area contributed by atoms with E-state index in [-0.39, 0.29) is 6.61 Å². The van der Waals surface area contributed by atoms with Gasteiger partial charge < -0.3 is 22.6 Å². The molecule has 1 aliphatic carbocycles. The van der Waals surface area contributed by atoms with Crippen molar-refractivity contribution in [2.45, 2.75) is 32.0 Å². The fourth-order valence-electron chi connectivity index (χ4n) is 2.77. The number of halogens is 3. The number of carbonyl (C=O) groups excluding carboxylic acids is 2. The maximum absolute atomic E-state index is 12.9. The van der Waals surface area contributed by atoms with Crippen LogP contribution in [0, 0.1) is 5.41 Å². The number of carbonyl (C=O) groups is 2. The molecule has 1 aliphatic heterocycles. The Balaban J connectivity index is 2.21. The monoisotopic (exact) mass is 278 g/mol. The lowest BCUT2D eigenvalue weighted by molar-refractivity contribution is -0.157. The van der Waals surface area contributed by atoms with Crippen molar-refractivity contribution < 1.29 is 27.3 Å². The quantitative estimate of drug-likeness (QED) is 0.447. The largest absolute Gasteiger partial charge is 0.483 e. The molecule has 0 aromatic heterocycles. The van der Waals surface area contributed by atoms with Crippen molar-refractivity contribution in [2.75, 3.05) is 19.7 Å². The van der Waals surface area contributed by atoms with Crippen LogP contribution in [-0.2, 0) is 14.3 Å². The fourth-order valence-corrected chi connectivity index (χ4v) is 2.77. The number of amides is 1. The molecule has 2 fully saturated rings. The van der Waals surface area contributed by atoms with Crippen LogP contribution in [0.25, 0.3) is 0 Å². The molecular weight excluding hydrogens is 262 g/mol. The van der Waals surface area contributed by atoms with Gasteiger partial charge in [-0.15, -0.1) is 0 Å². The van der Waals surface area contributed by atoms with Crippen LogP contribution in [0.3, 0.4) is 0 Å². The summed E-state index contributed by atoms with van der Waals surface area (Å²) in [4.78, 5) is 25.4. The Bertz CT molecular complexity index is 395. The first-order chi connectivity index (χ1) is 8.84. The van der Waals surface area contributed by atoms with E-state index in [2.05, 4.69) is 0 Å². The summed E-state index contributed by atoms with van der Waals surface area (Å²) in [5.41, 5.74) is -1.99. The summed E-state index contributed by atoms with van der Waals surface area (Å²) < 4.78 is 43.3. The number of rotatable bonds is 4. The van der Waals surface area contributed by atoms with Gasteiger partial charge in [-0.1, -0.05) is 6.42 Å². The Morgan fingerprint density at radius 3 is 2.32 bits per heavy atom. The van der Waals surface area contributed by atoms with E-state index in [0.717, 1.165) is 12.8 Å². The zero-order chi connectivity index (χ0) is 14.3. The van der Waals surface area contributed by atoms with Crippen LogP contribution in [0.5, 0.6) is 0 Å². The first-order valence-electron chi connectivity index (χ1n) is 6.50. The second-order valence-corrected chi connectivity index (χ2v) is 5.13. The van der Waals surface area contributed by atoms with Crippen molar-refractivity contribution in [3.05, 3.63) is 0 Å². The zero-order valence-corrected chi connectivity index (χ0v) is 10.7. The minimum absolute atomic E-state index is 0.0224. The van der Waals surface area contributed by atoms with Crippen molar-refractivity contribution in [3.63, 3.8) is 0 Å². The highest BCUT2D eigenvalue weighted by Gasteiger charge is 2.72. The van der Waals surface area contributed by atoms with Gasteiger partial charge >= 0.3 is 12.9 Å². The highest BCUT2D eigenvalue weighted by atomic mass is 19.4. The molecule has 1 saturated carbocycles. The molecule has 1 amide bonds. The van der Waals surface area contributed by atoms with E-state index in [0.29, 0.717) is 13.1 Å². The lowest BCUT2D eigenvalue weighted by Gasteiger charge is -2.25. The maximum atomic E-state index is 12.9. The van der Waals surface area contributed by atoms with E-state index in [4.69, 9.17) is 4.74 Å². The molecule has 2 aliphatic rings. The molecule has 1 heterocycles. The van der Waals surface area contributed by atoms with Gasteiger partial charge in [-0.25, -0.2) is 0 Å². The van der Waals surface area contributed by atoms with E-state index in [1.807, 2.05) is 0 Å². The number of likely N-dealkylation sites (tertiary alicyclic amines) is 1. The summed E-state index contributed by atoms with van der Waals surface area (Å²) >= 11 is 0. The van der Waals surface area contributed by atoms with E-state index in [9.17, 15) is 22.5 Å². The van der Waals surface area contributed by atoms with Crippen molar-refractivity contribution in [1.82, 2.24) is 4.90 Å². The van der Waals surface area contributed by atoms with Crippen molar-refractivity contribution >= 4 is 18.9 Å². The molecule has 2 atom stereocenters. The minimum Gasteiger partial charge on any atom is -0.465 e. The smallest absolute Gasteiger partial charge is 0.465 e. The molecule has 0 N–H and O–H groups in total. The number of ether oxygens (including phenoxy) is 1. The first kappa shape index (κ1) is 14.2. The van der Waals surface area contributed by atoms with Crippen LogP contribution in [0.15, 0.2) is 0 Å². The topological polar surface area (TPSA) is 46.6 Å². The molecule has 0 spiro atoms. The molecule has 8 heteroatoms. The van der Waals surface area contributed by atoms with E-state index < -0.39 is 36.5 Å². The maximum Gasteiger partial charge on any atom is 0.483 e. The Hall–Kier alpha value is -1.21. The van der Waals surface area contributed by atoms with Crippen LogP contribution < -0.4 is 0 Å². The Morgan fingerprint density at radius 2 is 1.89 bits per heavy atom. The van der Waals surface area contributed by atoms with Crippen LogP contribution in [0.1, 0.15) is 26.2 Å². The number of nitrogens with zero attached hydrogens (tertiary/aromatic N) is 1. The molecule has 19 heavy (non-hydrogen) atoms. The highest BCUT2D eigenvalue weighted by molar-refractivity contribution is 6.63. The molecule has 0 aromatic rings. The standard InChI is InChI=1S/C11H16BF3NO3/c1-2-19-10(18)11(7-8(11)12(13,14)15)9(17)16-5-3-4-6-16/h8H,2-7H2,1H3/q-1/t8-,11+/m0/s1. The fraction of sp³-hybridized carbons (Fsp3) is 0.818. The Morgan fingerprint density at radius 1 is 1.32 bits per heavy atom. The van der Waals surface area contributed by atoms with Gasteiger partial charge in [-0.3, -0.25) is 9.59 Å². The van der Waals surface area contributed by atoms with Gasteiger partial charge in [0.15, 0.2) is 0 Å². The first-order valence-corrected chi connectivity index (χ1v) is 6.50. The van der Waals surface area contributed by atoms with Gasteiger partial charge in [0.25, 0.3) is 0 Å². The molecular formula is C11H16BF3NO3-. The molecule has 0 aromatic carbocycles. The predicted octanol–water partition coefficient (Wildman–Crippen LogP) is 1.78. The van der Waals surface area contributed by atoms with Crippen molar-refractivity contribution in [2.24, 2.45) is 5.41 Å². The Kier molecular flexibility index (Phi) is 3.53. The molecule has 0 bridgehead atoms. The summed E-state index contributed by atoms with van der Waals surface area (Å²) in [6.45, 7) is -2.85. The predicted molar refractivity (Wildman–Crippen MR) is 62.3 cm³/mol. The molecule has 0 unspecified atom stereocenters. The van der Waals surface area contributed by atoms with Gasteiger partial charge in [0.1, 0.15) is 5.41 Å². The van der Waals surface area contributed by atoms with Crippen molar-refractivity contribution in [3.8, 4) is 0 Å². The molecule has 4 nitrogen and oxygen atoms in total. The minimum atomic E-state index is -5.20. The van der Waals surface area contributed by atoms with Gasteiger partial charge in [0.05, 0.1) is 6.61 Å². The number of hydrogen-bond acceptors (Lipinski definition) is 3. The number of hydrogen-bond donors (Lipinski definition) is 0. The molecule has 1 saturated heterocycles. The molecule has 0 radical (unpaired) electrons. The third-order valence-electron chi connectivity index (χ3n) is 3.89. The normalized spacial score (nSPS) is 30.3. The highest BCUT2D eigenvalue weighted by Crippen LogP contribution is 2.65. The summed E-state index contributed by atoms with van der Waals surface area (Å²) in [5, 5.41) is 0. The van der Waals surface area contributed by atoms with Crippen LogP contribution in [-0.4, -0.2) is 43.5 Å². The third kappa shape index (κ3) is 2.32. The average Bonchev–Trinajstić information content (AvgIpc) is 2.88. The summed E-state index contributed by atoms with van der Waals surface area (Å²) in [7, 11) is 0. The summed E-state index contributed by atoms with van der Waals surface area (Å²) in [6.07, 6.45) is 1.09. The van der Waals surface area contributed by atoms with Gasteiger partial charge in [0.2, 0.25) is 5.91 Å². The van der Waals surface area contributed by atoms with Crippen LogP contribution >= 0.6 is 0 Å².